The van der Waals surface area contributed by atoms with Crippen LogP contribution in [0.3, 0.4) is 0 Å². The van der Waals surface area contributed by atoms with Gasteiger partial charge in [0, 0.05) is 57.0 Å². The van der Waals surface area contributed by atoms with Crippen LogP contribution in [0.25, 0.3) is 22.4 Å². The first kappa shape index (κ1) is 24.2. The van der Waals surface area contributed by atoms with Crippen LogP contribution in [0.2, 0.25) is 0 Å². The number of rotatable bonds is 6. The molecule has 5 nitrogen and oxygen atoms in total. The van der Waals surface area contributed by atoms with Crippen molar-refractivity contribution < 1.29 is 13.6 Å². The van der Waals surface area contributed by atoms with E-state index in [1.807, 2.05) is 39.8 Å². The van der Waals surface area contributed by atoms with Gasteiger partial charge in [-0.25, -0.2) is 4.39 Å². The highest BCUT2D eigenvalue weighted by Gasteiger charge is 2.27. The molecule has 0 N–H and O–H groups in total. The monoisotopic (exact) mass is 507 g/mol. The summed E-state index contributed by atoms with van der Waals surface area (Å²) < 4.78 is 21.6. The topological polar surface area (TPSA) is 41.6 Å². The number of nitrogens with zero attached hydrogens (tertiary/aromatic N) is 3. The first-order chi connectivity index (χ1) is 18.5. The Morgan fingerprint density at radius 3 is 2.21 bits per heavy atom. The van der Waals surface area contributed by atoms with Crippen molar-refractivity contribution in [2.75, 3.05) is 26.2 Å². The Morgan fingerprint density at radius 2 is 1.50 bits per heavy atom. The molecule has 0 aliphatic carbocycles. The molecule has 0 saturated carbocycles. The molecule has 3 aromatic carbocycles. The molecular weight excluding hydrogens is 477 g/mol. The van der Waals surface area contributed by atoms with Gasteiger partial charge in [0.15, 0.2) is 5.58 Å². The molecule has 1 fully saturated rings. The number of aromatic nitrogens is 1. The summed E-state index contributed by atoms with van der Waals surface area (Å²) in [6.45, 7) is 6.59. The van der Waals surface area contributed by atoms with Gasteiger partial charge in [-0.15, -0.1) is 0 Å². The molecule has 38 heavy (non-hydrogen) atoms. The van der Waals surface area contributed by atoms with E-state index in [-0.39, 0.29) is 11.7 Å². The van der Waals surface area contributed by atoms with Crippen LogP contribution < -0.4 is 0 Å². The van der Waals surface area contributed by atoms with E-state index in [9.17, 15) is 9.18 Å². The van der Waals surface area contributed by atoms with Gasteiger partial charge in [0.05, 0.1) is 5.52 Å². The molecule has 1 saturated heterocycles. The fourth-order valence-electron chi connectivity index (χ4n) is 5.13. The second kappa shape index (κ2) is 10.3. The van der Waals surface area contributed by atoms with E-state index < -0.39 is 0 Å². The Kier molecular flexibility index (Phi) is 6.56. The quantitative estimate of drug-likeness (QED) is 0.269. The van der Waals surface area contributed by atoms with E-state index in [0.29, 0.717) is 36.7 Å². The number of fused-ring (bicyclic) bond motifs is 1. The molecule has 0 spiro atoms. The van der Waals surface area contributed by atoms with Crippen molar-refractivity contribution in [2.24, 2.45) is 0 Å². The lowest BCUT2D eigenvalue weighted by molar-refractivity contribution is 0.0619. The summed E-state index contributed by atoms with van der Waals surface area (Å²) in [5.41, 5.74) is 6.59. The normalized spacial score (nSPS) is 14.3. The van der Waals surface area contributed by atoms with Crippen LogP contribution in [0.4, 0.5) is 4.39 Å². The zero-order valence-electron chi connectivity index (χ0n) is 21.4. The average Bonchev–Trinajstić information content (AvgIpc) is 3.50. The largest absolute Gasteiger partial charge is 0.454 e. The maximum absolute atomic E-state index is 13.8. The first-order valence-electron chi connectivity index (χ1n) is 13.0. The minimum atomic E-state index is -0.287. The van der Waals surface area contributed by atoms with Gasteiger partial charge in [-0.3, -0.25) is 9.69 Å². The summed E-state index contributed by atoms with van der Waals surface area (Å²) in [5, 5.41) is 0. The van der Waals surface area contributed by atoms with Crippen LogP contribution in [0.5, 0.6) is 0 Å². The molecule has 0 unspecified atom stereocenters. The smallest absolute Gasteiger partial charge is 0.270 e. The first-order valence-corrected chi connectivity index (χ1v) is 13.0. The predicted octanol–water partition coefficient (Wildman–Crippen LogP) is 6.36. The predicted molar refractivity (Wildman–Crippen MR) is 148 cm³/mol. The zero-order valence-corrected chi connectivity index (χ0v) is 21.4. The highest BCUT2D eigenvalue weighted by Crippen LogP contribution is 2.32. The molecule has 6 rings (SSSR count). The Bertz CT molecular complexity index is 1540. The minimum absolute atomic E-state index is 0.0191. The van der Waals surface area contributed by atoms with Crippen molar-refractivity contribution in [2.45, 2.75) is 20.0 Å². The van der Waals surface area contributed by atoms with Crippen LogP contribution in [0.15, 0.2) is 95.4 Å². The molecule has 0 radical (unpaired) electrons. The lowest BCUT2D eigenvalue weighted by Gasteiger charge is -2.35. The number of furan rings is 1. The summed E-state index contributed by atoms with van der Waals surface area (Å²) in [7, 11) is 0. The van der Waals surface area contributed by atoms with Crippen molar-refractivity contribution in [1.29, 1.82) is 0 Å². The number of aryl methyl sites for hydroxylation is 1. The van der Waals surface area contributed by atoms with E-state index in [4.69, 9.17) is 4.42 Å². The van der Waals surface area contributed by atoms with Crippen molar-refractivity contribution >= 4 is 17.0 Å². The van der Waals surface area contributed by atoms with Gasteiger partial charge < -0.3 is 13.9 Å². The number of halogens is 1. The molecule has 2 aromatic heterocycles. The molecule has 0 atom stereocenters. The standard InChI is InChI=1S/C32H30FN3O2/c1-23-7-9-25(10-8-23)21-34-15-17-35(18-16-34)32(37)29-20-31-28(36(29)22-24-5-3-2-4-6-24)19-30(38-31)26-11-13-27(33)14-12-26/h2-14,19-20H,15-18,21-22H2,1H3. The Labute approximate surface area is 221 Å². The van der Waals surface area contributed by atoms with Crippen molar-refractivity contribution in [3.05, 3.63) is 119 Å². The summed E-state index contributed by atoms with van der Waals surface area (Å²) in [6, 6.07) is 28.8. The fourth-order valence-corrected chi connectivity index (χ4v) is 5.13. The Hall–Kier alpha value is -4.16. The van der Waals surface area contributed by atoms with Gasteiger partial charge in [0.25, 0.3) is 5.91 Å². The maximum Gasteiger partial charge on any atom is 0.270 e. The third-order valence-electron chi connectivity index (χ3n) is 7.31. The van der Waals surface area contributed by atoms with E-state index in [1.165, 1.54) is 23.3 Å². The van der Waals surface area contributed by atoms with E-state index >= 15 is 0 Å². The van der Waals surface area contributed by atoms with Crippen LogP contribution >= 0.6 is 0 Å². The number of carbonyl (C=O) groups is 1. The zero-order chi connectivity index (χ0) is 26.1. The summed E-state index contributed by atoms with van der Waals surface area (Å²) >= 11 is 0. The third-order valence-corrected chi connectivity index (χ3v) is 7.31. The van der Waals surface area contributed by atoms with Crippen LogP contribution in [-0.2, 0) is 13.1 Å². The van der Waals surface area contributed by atoms with E-state index in [2.05, 4.69) is 48.2 Å². The van der Waals surface area contributed by atoms with Gasteiger partial charge in [-0.2, -0.15) is 0 Å². The van der Waals surface area contributed by atoms with E-state index in [1.54, 1.807) is 12.1 Å². The summed E-state index contributed by atoms with van der Waals surface area (Å²) in [4.78, 5) is 18.1. The van der Waals surface area contributed by atoms with Crippen molar-refractivity contribution in [3.8, 4) is 11.3 Å². The maximum atomic E-state index is 13.8. The van der Waals surface area contributed by atoms with E-state index in [0.717, 1.165) is 36.3 Å². The molecule has 1 aliphatic heterocycles. The number of hydrogen-bond acceptors (Lipinski definition) is 3. The van der Waals surface area contributed by atoms with Gasteiger partial charge in [-0.05, 0) is 42.3 Å². The number of amides is 1. The highest BCUT2D eigenvalue weighted by molar-refractivity contribution is 5.98. The van der Waals surface area contributed by atoms with Crippen LogP contribution in [0, 0.1) is 12.7 Å². The summed E-state index contributed by atoms with van der Waals surface area (Å²) in [6.07, 6.45) is 0. The SMILES string of the molecule is Cc1ccc(CN2CCN(C(=O)c3cc4oc(-c5ccc(F)cc5)cc4n3Cc3ccccc3)CC2)cc1. The molecule has 1 amide bonds. The van der Waals surface area contributed by atoms with Gasteiger partial charge >= 0.3 is 0 Å². The molecule has 5 aromatic rings. The highest BCUT2D eigenvalue weighted by atomic mass is 19.1. The second-order valence-electron chi connectivity index (χ2n) is 10.0. The molecule has 1 aliphatic rings. The number of hydrogen-bond donors (Lipinski definition) is 0. The summed E-state index contributed by atoms with van der Waals surface area (Å²) in [5.74, 6) is 0.386. The average molecular weight is 508 g/mol. The molecule has 192 valence electrons. The van der Waals surface area contributed by atoms with Gasteiger partial charge in [0.2, 0.25) is 0 Å². The minimum Gasteiger partial charge on any atom is -0.454 e. The van der Waals surface area contributed by atoms with Crippen LogP contribution in [0.1, 0.15) is 27.2 Å². The van der Waals surface area contributed by atoms with Crippen molar-refractivity contribution in [3.63, 3.8) is 0 Å². The third kappa shape index (κ3) is 5.00. The molecule has 3 heterocycles. The second-order valence-corrected chi connectivity index (χ2v) is 10.0. The van der Waals surface area contributed by atoms with Crippen LogP contribution in [-0.4, -0.2) is 46.5 Å². The lowest BCUT2D eigenvalue weighted by Crippen LogP contribution is -2.48. The van der Waals surface area contributed by atoms with Gasteiger partial charge in [-0.1, -0.05) is 60.2 Å². The van der Waals surface area contributed by atoms with Crippen molar-refractivity contribution in [1.82, 2.24) is 14.4 Å². The fraction of sp³-hybridized carbons (Fsp3) is 0.219. The number of carbonyl (C=O) groups excluding carboxylic acids is 1. The molecule has 0 bridgehead atoms. The number of benzene rings is 3. The molecular formula is C32H30FN3O2. The lowest BCUT2D eigenvalue weighted by atomic mass is 10.1. The number of piperazine rings is 1. The Balaban J connectivity index is 1.25. The molecule has 6 heteroatoms. The van der Waals surface area contributed by atoms with Gasteiger partial charge in [0.1, 0.15) is 17.3 Å². The Morgan fingerprint density at radius 1 is 0.816 bits per heavy atom.